The molecule has 3 heterocycles. The van der Waals surface area contributed by atoms with E-state index in [0.717, 1.165) is 18.9 Å². The molecule has 8 nitrogen and oxygen atoms in total. The van der Waals surface area contributed by atoms with Crippen molar-refractivity contribution in [2.24, 2.45) is 12.5 Å². The molecule has 1 saturated carbocycles. The number of aryl methyl sites for hydroxylation is 1. The zero-order chi connectivity index (χ0) is 28.9. The van der Waals surface area contributed by atoms with E-state index in [0.29, 0.717) is 21.3 Å². The van der Waals surface area contributed by atoms with E-state index in [9.17, 15) is 14.7 Å². The number of carbonyl (C=O) groups excluding carboxylic acids is 2. The number of ketones is 1. The Morgan fingerprint density at radius 3 is 2.41 bits per heavy atom. The topological polar surface area (TPSA) is 97.6 Å². The number of fused-ring (bicyclic) bond motifs is 1. The maximum atomic E-state index is 16.4. The van der Waals surface area contributed by atoms with E-state index >= 15 is 4.39 Å². The predicted molar refractivity (Wildman–Crippen MR) is 149 cm³/mol. The maximum Gasteiger partial charge on any atom is 0.257 e. The summed E-state index contributed by atoms with van der Waals surface area (Å²) in [5, 5.41) is 14.9. The van der Waals surface area contributed by atoms with Crippen LogP contribution in [0.25, 0.3) is 0 Å². The van der Waals surface area contributed by atoms with Crippen LogP contribution in [0.1, 0.15) is 55.9 Å². The Morgan fingerprint density at radius 1 is 1.07 bits per heavy atom. The van der Waals surface area contributed by atoms with Crippen LogP contribution in [0.15, 0.2) is 67.1 Å². The van der Waals surface area contributed by atoms with Gasteiger partial charge in [0.2, 0.25) is 0 Å². The Hall–Kier alpha value is -3.63. The van der Waals surface area contributed by atoms with Crippen LogP contribution in [0.5, 0.6) is 0 Å². The zero-order valence-electron chi connectivity index (χ0n) is 22.0. The first kappa shape index (κ1) is 27.5. The summed E-state index contributed by atoms with van der Waals surface area (Å²) in [4.78, 5) is 33.2. The van der Waals surface area contributed by atoms with Gasteiger partial charge in [-0.1, -0.05) is 35.3 Å². The van der Waals surface area contributed by atoms with E-state index in [1.54, 1.807) is 43.4 Å². The molecule has 210 valence electrons. The molecule has 41 heavy (non-hydrogen) atoms. The largest absolute Gasteiger partial charge is 0.396 e. The number of nitrogens with zero attached hydrogens (tertiary/aromatic N) is 4. The quantitative estimate of drug-likeness (QED) is 0.270. The van der Waals surface area contributed by atoms with Crippen molar-refractivity contribution < 1.29 is 23.8 Å². The second-order valence-corrected chi connectivity index (χ2v) is 11.4. The van der Waals surface area contributed by atoms with Crippen molar-refractivity contribution in [2.45, 2.75) is 25.1 Å². The summed E-state index contributed by atoms with van der Waals surface area (Å²) in [6, 6.07) is 12.5. The highest BCUT2D eigenvalue weighted by Gasteiger charge is 2.56. The zero-order valence-corrected chi connectivity index (χ0v) is 23.5. The number of carbonyl (C=O) groups is 2. The number of hydrogen-bond acceptors (Lipinski definition) is 6. The lowest BCUT2D eigenvalue weighted by atomic mass is 9.90. The molecule has 0 unspecified atom stereocenters. The minimum absolute atomic E-state index is 0.00463. The highest BCUT2D eigenvalue weighted by molar-refractivity contribution is 6.30. The molecule has 1 aliphatic carbocycles. The molecule has 11 heteroatoms. The van der Waals surface area contributed by atoms with Crippen LogP contribution in [0.3, 0.4) is 0 Å². The number of ether oxygens (including phenoxy) is 1. The molecule has 1 aliphatic heterocycles. The Bertz CT molecular complexity index is 1650. The number of amides is 1. The molecular weight excluding hydrogens is 570 g/mol. The first-order valence-electron chi connectivity index (χ1n) is 13.0. The van der Waals surface area contributed by atoms with Gasteiger partial charge in [0.1, 0.15) is 5.82 Å². The van der Waals surface area contributed by atoms with Crippen LogP contribution in [0.4, 0.5) is 4.39 Å². The first-order valence-corrected chi connectivity index (χ1v) is 13.7. The lowest BCUT2D eigenvalue weighted by molar-refractivity contribution is -0.130. The van der Waals surface area contributed by atoms with Gasteiger partial charge < -0.3 is 9.84 Å². The minimum atomic E-state index is -1.73. The summed E-state index contributed by atoms with van der Waals surface area (Å²) < 4.78 is 24.5. The molecule has 1 N–H and O–H groups in total. The molecule has 2 aromatic heterocycles. The Balaban J connectivity index is 1.55. The van der Waals surface area contributed by atoms with Gasteiger partial charge in [0.15, 0.2) is 11.5 Å². The smallest absolute Gasteiger partial charge is 0.257 e. The number of pyridine rings is 1. The third-order valence-corrected chi connectivity index (χ3v) is 8.21. The lowest BCUT2D eigenvalue weighted by Gasteiger charge is -2.40. The molecule has 0 radical (unpaired) electrons. The van der Waals surface area contributed by atoms with Crippen LogP contribution < -0.4 is 0 Å². The van der Waals surface area contributed by atoms with Gasteiger partial charge in [-0.25, -0.2) is 4.39 Å². The molecular formula is C30H25Cl2FN4O4. The lowest BCUT2D eigenvalue weighted by Crippen LogP contribution is -2.48. The van der Waals surface area contributed by atoms with Crippen LogP contribution in [0.2, 0.25) is 10.0 Å². The fourth-order valence-corrected chi connectivity index (χ4v) is 5.45. The van der Waals surface area contributed by atoms with Crippen LogP contribution in [0, 0.1) is 11.2 Å². The molecule has 0 bridgehead atoms. The Morgan fingerprint density at radius 2 is 1.80 bits per heavy atom. The second kappa shape index (κ2) is 10.3. The van der Waals surface area contributed by atoms with Gasteiger partial charge in [0, 0.05) is 41.0 Å². The van der Waals surface area contributed by atoms with Crippen LogP contribution in [-0.2, 0) is 24.1 Å². The standard InChI is InChI=1S/C30H25Cl2FN4O4/c1-36-14-19(12-35-36)27(39)18-10-24-26(25(33)11-18)30(20-2-4-21(31)5-3-20,41-17-29(16-38)8-9-29)37(28(24)40)15-23-7-6-22(32)13-34-23/h2-7,10-14,38H,8-9,15-17H2,1H3/t30-/m1/s1. The van der Waals surface area contributed by atoms with E-state index in [1.165, 1.54) is 34.2 Å². The number of rotatable bonds is 9. The summed E-state index contributed by atoms with van der Waals surface area (Å²) in [5.74, 6) is -1.79. The summed E-state index contributed by atoms with van der Waals surface area (Å²) in [6.07, 6.45) is 5.85. The number of benzene rings is 2. The molecule has 1 amide bonds. The number of aromatic nitrogens is 3. The molecule has 1 fully saturated rings. The first-order chi connectivity index (χ1) is 19.7. The number of aliphatic hydroxyl groups is 1. The molecule has 4 aromatic rings. The second-order valence-electron chi connectivity index (χ2n) is 10.6. The van der Waals surface area contributed by atoms with Crippen molar-refractivity contribution in [1.82, 2.24) is 19.7 Å². The van der Waals surface area contributed by atoms with Crippen molar-refractivity contribution in [2.75, 3.05) is 13.2 Å². The normalized spacial score (nSPS) is 19.0. The van der Waals surface area contributed by atoms with Gasteiger partial charge in [-0.05, 0) is 49.2 Å². The molecule has 0 saturated heterocycles. The predicted octanol–water partition coefficient (Wildman–Crippen LogP) is 5.14. The fraction of sp³-hybridized carbons (Fsp3) is 0.267. The molecule has 1 atom stereocenters. The summed E-state index contributed by atoms with van der Waals surface area (Å²) in [5.41, 5.74) is -1.02. The van der Waals surface area contributed by atoms with Crippen LogP contribution in [-0.4, -0.2) is 49.7 Å². The number of halogens is 3. The third-order valence-electron chi connectivity index (χ3n) is 7.74. The van der Waals surface area contributed by atoms with Crippen molar-refractivity contribution in [1.29, 1.82) is 0 Å². The van der Waals surface area contributed by atoms with Gasteiger partial charge in [-0.3, -0.25) is 24.2 Å². The van der Waals surface area contributed by atoms with E-state index in [4.69, 9.17) is 27.9 Å². The maximum absolute atomic E-state index is 16.4. The van der Waals surface area contributed by atoms with Crippen molar-refractivity contribution in [3.63, 3.8) is 0 Å². The Labute approximate surface area is 245 Å². The van der Waals surface area contributed by atoms with Gasteiger partial charge in [-0.2, -0.15) is 5.10 Å². The van der Waals surface area contributed by atoms with Gasteiger partial charge in [-0.15, -0.1) is 0 Å². The summed E-state index contributed by atoms with van der Waals surface area (Å²) in [6.45, 7) is -0.0891. The third kappa shape index (κ3) is 4.82. The highest BCUT2D eigenvalue weighted by atomic mass is 35.5. The monoisotopic (exact) mass is 594 g/mol. The molecule has 2 aliphatic rings. The molecule has 6 rings (SSSR count). The van der Waals surface area contributed by atoms with Crippen LogP contribution >= 0.6 is 23.2 Å². The molecule has 0 spiro atoms. The minimum Gasteiger partial charge on any atom is -0.396 e. The number of hydrogen-bond donors (Lipinski definition) is 1. The van der Waals surface area contributed by atoms with Crippen molar-refractivity contribution >= 4 is 34.9 Å². The summed E-state index contributed by atoms with van der Waals surface area (Å²) in [7, 11) is 1.67. The van der Waals surface area contributed by atoms with E-state index < -0.39 is 28.6 Å². The van der Waals surface area contributed by atoms with Gasteiger partial charge >= 0.3 is 0 Å². The average Bonchev–Trinajstić information content (AvgIpc) is 3.56. The van der Waals surface area contributed by atoms with Gasteiger partial charge in [0.05, 0.1) is 53.4 Å². The van der Waals surface area contributed by atoms with E-state index in [2.05, 4.69) is 10.1 Å². The van der Waals surface area contributed by atoms with Crippen molar-refractivity contribution in [3.8, 4) is 0 Å². The van der Waals surface area contributed by atoms with E-state index in [1.807, 2.05) is 0 Å². The van der Waals surface area contributed by atoms with E-state index in [-0.39, 0.29) is 42.0 Å². The SMILES string of the molecule is Cn1cc(C(=O)c2cc(F)c3c(c2)C(=O)N(Cc2ccc(Cl)cn2)[C@@]3(OCC2(CO)CC2)c2ccc(Cl)cc2)cn1. The number of aliphatic hydroxyl groups excluding tert-OH is 1. The Kier molecular flexibility index (Phi) is 6.94. The highest BCUT2D eigenvalue weighted by Crippen LogP contribution is 2.52. The van der Waals surface area contributed by atoms with Gasteiger partial charge in [0.25, 0.3) is 5.91 Å². The summed E-state index contributed by atoms with van der Waals surface area (Å²) >= 11 is 12.3. The molecule has 2 aromatic carbocycles. The fourth-order valence-electron chi connectivity index (χ4n) is 5.22. The van der Waals surface area contributed by atoms with Crippen molar-refractivity contribution in [3.05, 3.63) is 116 Å². The average molecular weight is 595 g/mol.